The molecule has 8 heteroatoms. The second kappa shape index (κ2) is 10.9. The van der Waals surface area contributed by atoms with E-state index in [1.165, 1.54) is 18.5 Å². The summed E-state index contributed by atoms with van der Waals surface area (Å²) in [7, 11) is 1.05. The molecular formula is C29H34N5OPS. The number of nitrogens with zero attached hydrogens (tertiary/aromatic N) is 3. The first kappa shape index (κ1) is 24.6. The Labute approximate surface area is 224 Å². The van der Waals surface area contributed by atoms with Gasteiger partial charge in [-0.3, -0.25) is 14.8 Å². The second-order valence-corrected chi connectivity index (χ2v) is 12.5. The van der Waals surface area contributed by atoms with Crippen LogP contribution in [0.5, 0.6) is 0 Å². The fourth-order valence-corrected chi connectivity index (χ4v) is 7.39. The number of aromatic nitrogens is 2. The van der Waals surface area contributed by atoms with Crippen molar-refractivity contribution in [1.29, 1.82) is 0 Å². The number of fused-ring (bicyclic) bond motifs is 1. The normalized spacial score (nSPS) is 18.2. The number of anilines is 2. The van der Waals surface area contributed by atoms with Crippen LogP contribution in [0.4, 0.5) is 11.4 Å². The number of benzene rings is 2. The Morgan fingerprint density at radius 2 is 1.86 bits per heavy atom. The molecule has 4 aromatic rings. The molecule has 4 heterocycles. The van der Waals surface area contributed by atoms with Gasteiger partial charge in [-0.05, 0) is 92.9 Å². The molecule has 2 aromatic carbocycles. The smallest absolute Gasteiger partial charge is 0.247 e. The van der Waals surface area contributed by atoms with Crippen LogP contribution in [0.25, 0.3) is 22.2 Å². The molecule has 0 aliphatic carbocycles. The summed E-state index contributed by atoms with van der Waals surface area (Å²) in [5, 5.41) is 14.1. The molecule has 6 rings (SSSR count). The average molecular weight is 532 g/mol. The molecule has 2 atom stereocenters. The minimum Gasteiger partial charge on any atom is -0.371 e. The third-order valence-electron chi connectivity index (χ3n) is 7.81. The molecule has 1 amide bonds. The van der Waals surface area contributed by atoms with E-state index in [9.17, 15) is 4.79 Å². The molecule has 2 unspecified atom stereocenters. The van der Waals surface area contributed by atoms with Gasteiger partial charge in [0.05, 0.1) is 11.2 Å². The highest BCUT2D eigenvalue weighted by Crippen LogP contribution is 2.33. The molecule has 0 spiro atoms. The van der Waals surface area contributed by atoms with Crippen molar-refractivity contribution < 1.29 is 4.79 Å². The van der Waals surface area contributed by atoms with E-state index in [-0.39, 0.29) is 11.9 Å². The molecular weight excluding hydrogens is 497 g/mol. The summed E-state index contributed by atoms with van der Waals surface area (Å²) in [6, 6.07) is 18.7. The first-order valence-electron chi connectivity index (χ1n) is 13.3. The zero-order valence-corrected chi connectivity index (χ0v) is 23.1. The van der Waals surface area contributed by atoms with Crippen LogP contribution in [0.3, 0.4) is 0 Å². The molecule has 2 aliphatic heterocycles. The van der Waals surface area contributed by atoms with Gasteiger partial charge in [-0.15, -0.1) is 19.9 Å². The summed E-state index contributed by atoms with van der Waals surface area (Å²) >= 11 is 1.65. The zero-order chi connectivity index (χ0) is 25.2. The number of carbonyl (C=O) groups is 1. The minimum atomic E-state index is -0.238. The number of nitrogens with one attached hydrogen (secondary N) is 2. The number of piperidine rings is 1. The lowest BCUT2D eigenvalue weighted by atomic mass is 10.1. The summed E-state index contributed by atoms with van der Waals surface area (Å²) < 4.78 is 0. The molecule has 192 valence electrons. The van der Waals surface area contributed by atoms with Crippen LogP contribution in [0.15, 0.2) is 60.0 Å². The first-order valence-corrected chi connectivity index (χ1v) is 15.7. The highest BCUT2D eigenvalue weighted by molar-refractivity contribution is 7.37. The topological polar surface area (TPSA) is 64.3 Å². The summed E-state index contributed by atoms with van der Waals surface area (Å²) in [5.41, 5.74) is 5.95. The van der Waals surface area contributed by atoms with Crippen molar-refractivity contribution in [3.05, 3.63) is 64.9 Å². The van der Waals surface area contributed by atoms with Crippen LogP contribution in [-0.2, 0) is 4.79 Å². The van der Waals surface area contributed by atoms with Crippen LogP contribution >= 0.6 is 19.9 Å². The fraction of sp³-hybridized carbons (Fsp3) is 0.379. The number of aromatic amines is 1. The van der Waals surface area contributed by atoms with Crippen molar-refractivity contribution >= 4 is 48.1 Å². The summed E-state index contributed by atoms with van der Waals surface area (Å²) in [4.78, 5) is 19.4. The number of likely N-dealkylation sites (tertiary alicyclic amines) is 1. The van der Waals surface area contributed by atoms with Gasteiger partial charge < -0.3 is 10.2 Å². The van der Waals surface area contributed by atoms with Crippen molar-refractivity contribution in [3.63, 3.8) is 0 Å². The van der Waals surface area contributed by atoms with Crippen molar-refractivity contribution in [3.8, 4) is 11.3 Å². The van der Waals surface area contributed by atoms with Crippen molar-refractivity contribution in [1.82, 2.24) is 15.1 Å². The molecule has 0 saturated carbocycles. The fourth-order valence-electron chi connectivity index (χ4n) is 5.70. The number of rotatable bonds is 7. The third-order valence-corrected chi connectivity index (χ3v) is 10.1. The Hall–Kier alpha value is -2.73. The predicted octanol–water partition coefficient (Wildman–Crippen LogP) is 6.34. The molecule has 0 radical (unpaired) electrons. The van der Waals surface area contributed by atoms with Gasteiger partial charge in [-0.2, -0.15) is 5.10 Å². The van der Waals surface area contributed by atoms with Crippen molar-refractivity contribution in [2.45, 2.75) is 37.4 Å². The van der Waals surface area contributed by atoms with Crippen molar-refractivity contribution in [2.24, 2.45) is 0 Å². The zero-order valence-electron chi connectivity index (χ0n) is 21.2. The minimum absolute atomic E-state index is 0.0328. The highest BCUT2D eigenvalue weighted by atomic mass is 32.1. The largest absolute Gasteiger partial charge is 0.371 e. The Morgan fingerprint density at radius 3 is 2.57 bits per heavy atom. The van der Waals surface area contributed by atoms with Gasteiger partial charge in [0.15, 0.2) is 0 Å². The lowest BCUT2D eigenvalue weighted by Crippen LogP contribution is -2.35. The standard InChI is InChI=1S/C29H34N5OPS/c1-36-23-12-16-33(17-13-23)22-9-6-20(7-10-22)27-24-19-21(8-11-25(24)31-32-27)30-29(35)28(26-5-4-18-37-26)34-14-2-3-15-34/h4-11,18-19,23,28,36H,2-3,12-17H2,1H3,(H,30,35)(H,31,32). The first-order chi connectivity index (χ1) is 18.2. The van der Waals surface area contributed by atoms with Gasteiger partial charge in [0.25, 0.3) is 0 Å². The molecule has 2 fully saturated rings. The van der Waals surface area contributed by atoms with Crippen LogP contribution in [0.2, 0.25) is 0 Å². The summed E-state index contributed by atoms with van der Waals surface area (Å²) in [6.45, 7) is 6.55. The van der Waals surface area contributed by atoms with E-state index >= 15 is 0 Å². The molecule has 2 aliphatic rings. The van der Waals surface area contributed by atoms with Gasteiger partial charge >= 0.3 is 0 Å². The average Bonchev–Trinajstić information content (AvgIpc) is 3.72. The lowest BCUT2D eigenvalue weighted by Gasteiger charge is -2.33. The van der Waals surface area contributed by atoms with E-state index in [0.29, 0.717) is 0 Å². The van der Waals surface area contributed by atoms with Gasteiger partial charge in [0.2, 0.25) is 5.91 Å². The Balaban J connectivity index is 1.21. The molecule has 2 saturated heterocycles. The van der Waals surface area contributed by atoms with Crippen LogP contribution in [0, 0.1) is 0 Å². The number of hydrogen-bond donors (Lipinski definition) is 2. The highest BCUT2D eigenvalue weighted by Gasteiger charge is 2.30. The number of carbonyl (C=O) groups excluding carboxylic acids is 1. The van der Waals surface area contributed by atoms with E-state index in [1.807, 2.05) is 29.6 Å². The van der Waals surface area contributed by atoms with Gasteiger partial charge in [-0.25, -0.2) is 0 Å². The number of H-pyrrole nitrogens is 1. The quantitative estimate of drug-likeness (QED) is 0.273. The third kappa shape index (κ3) is 5.18. The Kier molecular flexibility index (Phi) is 7.27. The Morgan fingerprint density at radius 1 is 1.08 bits per heavy atom. The maximum Gasteiger partial charge on any atom is 0.247 e. The van der Waals surface area contributed by atoms with Crippen LogP contribution in [-0.4, -0.2) is 59.5 Å². The number of thiophene rings is 1. The van der Waals surface area contributed by atoms with E-state index in [2.05, 4.69) is 62.3 Å². The number of amides is 1. The van der Waals surface area contributed by atoms with E-state index in [1.54, 1.807) is 11.3 Å². The molecule has 6 nitrogen and oxygen atoms in total. The second-order valence-electron chi connectivity index (χ2n) is 10.1. The SMILES string of the molecule is CPC1CCN(c2ccc(-c3n[nH]c4ccc(NC(=O)C(c5cccs5)N5CCCC5)cc34)cc2)CC1. The van der Waals surface area contributed by atoms with Crippen molar-refractivity contribution in [2.75, 3.05) is 43.1 Å². The van der Waals surface area contributed by atoms with Gasteiger partial charge in [-0.1, -0.05) is 18.2 Å². The van der Waals surface area contributed by atoms with Crippen LogP contribution in [0.1, 0.15) is 36.6 Å². The Bertz CT molecular complexity index is 1340. The molecule has 37 heavy (non-hydrogen) atoms. The van der Waals surface area contributed by atoms with E-state index in [4.69, 9.17) is 0 Å². The molecule has 2 aromatic heterocycles. The van der Waals surface area contributed by atoms with Gasteiger partial charge in [0.1, 0.15) is 6.04 Å². The molecule has 2 N–H and O–H groups in total. The van der Waals surface area contributed by atoms with E-state index < -0.39 is 0 Å². The van der Waals surface area contributed by atoms with E-state index in [0.717, 1.165) is 86.0 Å². The molecule has 0 bridgehead atoms. The maximum atomic E-state index is 13.5. The lowest BCUT2D eigenvalue weighted by molar-refractivity contribution is -0.121. The maximum absolute atomic E-state index is 13.5. The van der Waals surface area contributed by atoms with Gasteiger partial charge in [0, 0.05) is 40.3 Å². The predicted molar refractivity (Wildman–Crippen MR) is 158 cm³/mol. The summed E-state index contributed by atoms with van der Waals surface area (Å²) in [5.74, 6) is 0.0328. The van der Waals surface area contributed by atoms with Crippen LogP contribution < -0.4 is 10.2 Å². The summed E-state index contributed by atoms with van der Waals surface area (Å²) in [6.07, 6.45) is 4.88. The number of hydrogen-bond acceptors (Lipinski definition) is 5. The monoisotopic (exact) mass is 531 g/mol.